The molecule has 1 aromatic rings. The molecule has 0 saturated carbocycles. The minimum atomic E-state index is -0.788. The number of rotatable bonds is 3. The van der Waals surface area contributed by atoms with Crippen LogP contribution in [0.4, 0.5) is 0 Å². The highest BCUT2D eigenvalue weighted by atomic mass is 35.5. The number of hydrogen-bond acceptors (Lipinski definition) is 2. The first kappa shape index (κ1) is 15.6. The summed E-state index contributed by atoms with van der Waals surface area (Å²) < 4.78 is 0. The van der Waals surface area contributed by atoms with E-state index in [-0.39, 0.29) is 5.91 Å². The smallest absolute Gasteiger partial charge is 0.309 e. The van der Waals surface area contributed by atoms with Crippen molar-refractivity contribution in [3.63, 3.8) is 0 Å². The van der Waals surface area contributed by atoms with E-state index in [1.54, 1.807) is 30.0 Å². The van der Waals surface area contributed by atoms with Crippen LogP contribution in [-0.4, -0.2) is 35.0 Å². The van der Waals surface area contributed by atoms with Crippen LogP contribution >= 0.6 is 11.6 Å². The predicted octanol–water partition coefficient (Wildman–Crippen LogP) is 3.07. The van der Waals surface area contributed by atoms with Crippen molar-refractivity contribution < 1.29 is 14.7 Å². The Kier molecular flexibility index (Phi) is 4.68. The Hall–Kier alpha value is -1.81. The first-order valence-corrected chi connectivity index (χ1v) is 7.24. The van der Waals surface area contributed by atoms with Crippen molar-refractivity contribution in [2.75, 3.05) is 13.1 Å². The number of halogens is 1. The van der Waals surface area contributed by atoms with Crippen LogP contribution < -0.4 is 0 Å². The highest BCUT2D eigenvalue weighted by Crippen LogP contribution is 2.31. The molecule has 0 aromatic heterocycles. The van der Waals surface area contributed by atoms with Gasteiger partial charge in [-0.05, 0) is 43.5 Å². The van der Waals surface area contributed by atoms with Crippen molar-refractivity contribution >= 4 is 29.6 Å². The van der Waals surface area contributed by atoms with Crippen LogP contribution in [0.25, 0.3) is 6.08 Å². The summed E-state index contributed by atoms with van der Waals surface area (Å²) in [5.74, 6) is -0.883. The molecule has 5 heteroatoms. The zero-order valence-electron chi connectivity index (χ0n) is 11.9. The molecule has 0 spiro atoms. The molecule has 4 nitrogen and oxygen atoms in total. The van der Waals surface area contributed by atoms with E-state index in [2.05, 4.69) is 0 Å². The standard InChI is InChI=1S/C16H18ClNO3/c1-16(15(20)21)7-9-18(10-8-16)14(19)6-5-12-3-2-4-13(17)11-12/h2-6,11H,7-10H2,1H3,(H,20,21). The Balaban J connectivity index is 1.95. The largest absolute Gasteiger partial charge is 0.481 e. The zero-order chi connectivity index (χ0) is 15.5. The van der Waals surface area contributed by atoms with Crippen LogP contribution in [0.1, 0.15) is 25.3 Å². The van der Waals surface area contributed by atoms with E-state index in [1.807, 2.05) is 12.1 Å². The number of amides is 1. The number of piperidine rings is 1. The topological polar surface area (TPSA) is 57.6 Å². The second kappa shape index (κ2) is 6.31. The van der Waals surface area contributed by atoms with E-state index in [0.29, 0.717) is 31.0 Å². The van der Waals surface area contributed by atoms with Gasteiger partial charge in [-0.25, -0.2) is 0 Å². The molecule has 0 atom stereocenters. The molecule has 21 heavy (non-hydrogen) atoms. The predicted molar refractivity (Wildman–Crippen MR) is 82.0 cm³/mol. The van der Waals surface area contributed by atoms with Gasteiger partial charge in [0.25, 0.3) is 0 Å². The summed E-state index contributed by atoms with van der Waals surface area (Å²) in [6.45, 7) is 2.68. The molecule has 0 aliphatic carbocycles. The third-order valence-corrected chi connectivity index (χ3v) is 4.20. The number of aliphatic carboxylic acids is 1. The lowest BCUT2D eigenvalue weighted by Crippen LogP contribution is -2.44. The average Bonchev–Trinajstić information content (AvgIpc) is 2.45. The van der Waals surface area contributed by atoms with Crippen molar-refractivity contribution in [2.45, 2.75) is 19.8 Å². The van der Waals surface area contributed by atoms with Crippen molar-refractivity contribution in [3.05, 3.63) is 40.9 Å². The van der Waals surface area contributed by atoms with Gasteiger partial charge in [0.05, 0.1) is 5.41 Å². The zero-order valence-corrected chi connectivity index (χ0v) is 12.6. The third kappa shape index (κ3) is 3.85. The van der Waals surface area contributed by atoms with Crippen LogP contribution in [0.3, 0.4) is 0 Å². The number of carbonyl (C=O) groups excluding carboxylic acids is 1. The lowest BCUT2D eigenvalue weighted by Gasteiger charge is -2.35. The fourth-order valence-electron chi connectivity index (χ4n) is 2.32. The molecule has 1 saturated heterocycles. The van der Waals surface area contributed by atoms with E-state index >= 15 is 0 Å². The van der Waals surface area contributed by atoms with Crippen molar-refractivity contribution in [1.29, 1.82) is 0 Å². The maximum Gasteiger partial charge on any atom is 0.309 e. The molecule has 1 amide bonds. The van der Waals surface area contributed by atoms with Crippen molar-refractivity contribution in [2.24, 2.45) is 5.41 Å². The number of carbonyl (C=O) groups is 2. The van der Waals surface area contributed by atoms with E-state index in [1.165, 1.54) is 6.08 Å². The summed E-state index contributed by atoms with van der Waals surface area (Å²) in [5.41, 5.74) is 0.149. The summed E-state index contributed by atoms with van der Waals surface area (Å²) in [7, 11) is 0. The van der Waals surface area contributed by atoms with Gasteiger partial charge in [-0.2, -0.15) is 0 Å². The fraction of sp³-hybridized carbons (Fsp3) is 0.375. The van der Waals surface area contributed by atoms with Gasteiger partial charge in [-0.3, -0.25) is 9.59 Å². The van der Waals surface area contributed by atoms with Gasteiger partial charge in [0, 0.05) is 24.2 Å². The highest BCUT2D eigenvalue weighted by molar-refractivity contribution is 6.30. The lowest BCUT2D eigenvalue weighted by molar-refractivity contribution is -0.152. The van der Waals surface area contributed by atoms with Crippen LogP contribution in [-0.2, 0) is 9.59 Å². The molecule has 0 bridgehead atoms. The van der Waals surface area contributed by atoms with Crippen molar-refractivity contribution in [1.82, 2.24) is 4.90 Å². The van der Waals surface area contributed by atoms with Gasteiger partial charge in [0.1, 0.15) is 0 Å². The molecule has 1 aliphatic rings. The molecule has 1 N–H and O–H groups in total. The maximum absolute atomic E-state index is 12.1. The Morgan fingerprint density at radius 2 is 2.00 bits per heavy atom. The van der Waals surface area contributed by atoms with Gasteiger partial charge >= 0.3 is 5.97 Å². The molecule has 112 valence electrons. The molecular weight excluding hydrogens is 290 g/mol. The maximum atomic E-state index is 12.1. The average molecular weight is 308 g/mol. The summed E-state index contributed by atoms with van der Waals surface area (Å²) in [5, 5.41) is 9.80. The van der Waals surface area contributed by atoms with Gasteiger partial charge in [0.15, 0.2) is 0 Å². The minimum Gasteiger partial charge on any atom is -0.481 e. The Morgan fingerprint density at radius 1 is 1.33 bits per heavy atom. The molecule has 1 fully saturated rings. The molecule has 1 aromatic carbocycles. The lowest BCUT2D eigenvalue weighted by atomic mass is 9.80. The molecule has 0 radical (unpaired) electrons. The Labute approximate surface area is 129 Å². The minimum absolute atomic E-state index is 0.0950. The van der Waals surface area contributed by atoms with Crippen LogP contribution in [0, 0.1) is 5.41 Å². The van der Waals surface area contributed by atoms with Gasteiger partial charge < -0.3 is 10.0 Å². The van der Waals surface area contributed by atoms with Crippen LogP contribution in [0.5, 0.6) is 0 Å². The molecule has 0 unspecified atom stereocenters. The SMILES string of the molecule is CC1(C(=O)O)CCN(C(=O)C=Cc2cccc(Cl)c2)CC1. The van der Waals surface area contributed by atoms with E-state index in [9.17, 15) is 14.7 Å². The summed E-state index contributed by atoms with van der Waals surface area (Å²) in [4.78, 5) is 24.9. The number of carboxylic acid groups (broad SMARTS) is 1. The highest BCUT2D eigenvalue weighted by Gasteiger charge is 2.37. The first-order chi connectivity index (χ1) is 9.90. The summed E-state index contributed by atoms with van der Waals surface area (Å²) >= 11 is 5.89. The van der Waals surface area contributed by atoms with Crippen LogP contribution in [0.15, 0.2) is 30.3 Å². The third-order valence-electron chi connectivity index (χ3n) is 3.96. The normalized spacial score (nSPS) is 17.9. The first-order valence-electron chi connectivity index (χ1n) is 6.87. The molecule has 1 heterocycles. The Bertz CT molecular complexity index is 575. The number of carboxylic acids is 1. The summed E-state index contributed by atoms with van der Waals surface area (Å²) in [6, 6.07) is 7.25. The van der Waals surface area contributed by atoms with Crippen molar-refractivity contribution in [3.8, 4) is 0 Å². The fourth-order valence-corrected chi connectivity index (χ4v) is 2.52. The van der Waals surface area contributed by atoms with E-state index in [4.69, 9.17) is 11.6 Å². The van der Waals surface area contributed by atoms with Gasteiger partial charge in [0.2, 0.25) is 5.91 Å². The van der Waals surface area contributed by atoms with Crippen LogP contribution in [0.2, 0.25) is 5.02 Å². The molecule has 2 rings (SSSR count). The molecule has 1 aliphatic heterocycles. The summed E-state index contributed by atoms with van der Waals surface area (Å²) in [6.07, 6.45) is 4.20. The quantitative estimate of drug-likeness (QED) is 0.873. The number of nitrogens with zero attached hydrogens (tertiary/aromatic N) is 1. The van der Waals surface area contributed by atoms with Gasteiger partial charge in [-0.1, -0.05) is 23.7 Å². The number of hydrogen-bond donors (Lipinski definition) is 1. The van der Waals surface area contributed by atoms with E-state index < -0.39 is 11.4 Å². The van der Waals surface area contributed by atoms with E-state index in [0.717, 1.165) is 5.56 Å². The second-order valence-electron chi connectivity index (χ2n) is 5.58. The molecular formula is C16H18ClNO3. The monoisotopic (exact) mass is 307 g/mol. The number of likely N-dealkylation sites (tertiary alicyclic amines) is 1. The second-order valence-corrected chi connectivity index (χ2v) is 6.02. The Morgan fingerprint density at radius 3 is 2.57 bits per heavy atom. The van der Waals surface area contributed by atoms with Gasteiger partial charge in [-0.15, -0.1) is 0 Å². The number of benzene rings is 1.